The zero-order valence-corrected chi connectivity index (χ0v) is 17.2. The first-order chi connectivity index (χ1) is 11.8. The summed E-state index contributed by atoms with van der Waals surface area (Å²) in [5, 5.41) is 5.92. The zero-order chi connectivity index (χ0) is 18.6. The zero-order valence-electron chi connectivity index (χ0n) is 15.6. The summed E-state index contributed by atoms with van der Waals surface area (Å²) in [7, 11) is 0. The molecule has 0 saturated heterocycles. The lowest BCUT2D eigenvalue weighted by molar-refractivity contribution is -0.131. The molecule has 25 heavy (non-hydrogen) atoms. The van der Waals surface area contributed by atoms with Crippen LogP contribution >= 0.6 is 15.9 Å². The standard InChI is InChI=1S/C20H29BrN2O2/c1-12(2)18(23-19(24)15-7-5-13(3)6-8-15)20(25)22-16-9-10-17(21)14(4)11-16/h9-13,15,18H,5-8H2,1-4H3,(H,22,25)(H,23,24). The highest BCUT2D eigenvalue weighted by Crippen LogP contribution is 2.28. The summed E-state index contributed by atoms with van der Waals surface area (Å²) < 4.78 is 1.01. The van der Waals surface area contributed by atoms with Crippen molar-refractivity contribution in [3.8, 4) is 0 Å². The van der Waals surface area contributed by atoms with Crippen LogP contribution in [0.5, 0.6) is 0 Å². The van der Waals surface area contributed by atoms with Crippen LogP contribution in [-0.4, -0.2) is 17.9 Å². The minimum absolute atomic E-state index is 0.0211. The number of hydrogen-bond donors (Lipinski definition) is 2. The van der Waals surface area contributed by atoms with Gasteiger partial charge in [0.2, 0.25) is 11.8 Å². The number of nitrogens with one attached hydrogen (secondary N) is 2. The molecule has 2 N–H and O–H groups in total. The van der Waals surface area contributed by atoms with Crippen LogP contribution in [0.4, 0.5) is 5.69 Å². The molecule has 1 unspecified atom stereocenters. The van der Waals surface area contributed by atoms with Crippen LogP contribution in [0.15, 0.2) is 22.7 Å². The molecule has 1 aliphatic carbocycles. The topological polar surface area (TPSA) is 58.2 Å². The Hall–Kier alpha value is -1.36. The molecule has 0 aliphatic heterocycles. The molecule has 2 rings (SSSR count). The van der Waals surface area contributed by atoms with Crippen molar-refractivity contribution in [2.75, 3.05) is 5.32 Å². The number of halogens is 1. The van der Waals surface area contributed by atoms with Crippen molar-refractivity contribution in [1.82, 2.24) is 5.32 Å². The van der Waals surface area contributed by atoms with Crippen molar-refractivity contribution in [1.29, 1.82) is 0 Å². The van der Waals surface area contributed by atoms with E-state index in [1.807, 2.05) is 39.0 Å². The van der Waals surface area contributed by atoms with Gasteiger partial charge in [0.05, 0.1) is 0 Å². The van der Waals surface area contributed by atoms with Crippen molar-refractivity contribution >= 4 is 33.4 Å². The molecule has 4 nitrogen and oxygen atoms in total. The number of amides is 2. The molecule has 5 heteroatoms. The predicted molar refractivity (Wildman–Crippen MR) is 105 cm³/mol. The Balaban J connectivity index is 2.00. The van der Waals surface area contributed by atoms with E-state index in [1.165, 1.54) is 0 Å². The van der Waals surface area contributed by atoms with Crippen LogP contribution in [-0.2, 0) is 9.59 Å². The Kier molecular flexibility index (Phi) is 7.05. The number of aryl methyl sites for hydroxylation is 1. The quantitative estimate of drug-likeness (QED) is 0.743. The van der Waals surface area contributed by atoms with Gasteiger partial charge in [0, 0.05) is 16.1 Å². The highest BCUT2D eigenvalue weighted by Gasteiger charge is 2.29. The van der Waals surface area contributed by atoms with Gasteiger partial charge in [0.25, 0.3) is 0 Å². The van der Waals surface area contributed by atoms with Crippen molar-refractivity contribution < 1.29 is 9.59 Å². The third-order valence-corrected chi connectivity index (χ3v) is 5.95. The van der Waals surface area contributed by atoms with E-state index in [1.54, 1.807) is 0 Å². The van der Waals surface area contributed by atoms with Crippen LogP contribution in [0.25, 0.3) is 0 Å². The van der Waals surface area contributed by atoms with Crippen LogP contribution in [0, 0.1) is 24.7 Å². The number of benzene rings is 1. The number of hydrogen-bond acceptors (Lipinski definition) is 2. The molecule has 0 spiro atoms. The second kappa shape index (κ2) is 8.84. The average Bonchev–Trinajstić information content (AvgIpc) is 2.56. The molecular formula is C20H29BrN2O2. The molecule has 1 aromatic carbocycles. The van der Waals surface area contributed by atoms with Gasteiger partial charge in [0.15, 0.2) is 0 Å². The summed E-state index contributed by atoms with van der Waals surface area (Å²) >= 11 is 3.46. The normalized spacial score (nSPS) is 21.7. The van der Waals surface area contributed by atoms with Gasteiger partial charge in [-0.1, -0.05) is 36.7 Å². The third-order valence-electron chi connectivity index (χ3n) is 5.06. The Labute approximate surface area is 159 Å². The molecule has 1 atom stereocenters. The highest BCUT2D eigenvalue weighted by molar-refractivity contribution is 9.10. The average molecular weight is 409 g/mol. The maximum atomic E-state index is 12.7. The van der Waals surface area contributed by atoms with Gasteiger partial charge in [-0.2, -0.15) is 0 Å². The van der Waals surface area contributed by atoms with Gasteiger partial charge in [-0.05, 0) is 68.2 Å². The second-order valence-electron chi connectivity index (χ2n) is 7.64. The first kappa shape index (κ1) is 20.0. The van der Waals surface area contributed by atoms with Crippen LogP contribution in [0.1, 0.15) is 52.0 Å². The fourth-order valence-electron chi connectivity index (χ4n) is 3.27. The molecule has 1 aliphatic rings. The first-order valence-corrected chi connectivity index (χ1v) is 9.94. The van der Waals surface area contributed by atoms with Gasteiger partial charge in [0.1, 0.15) is 6.04 Å². The first-order valence-electron chi connectivity index (χ1n) is 9.15. The largest absolute Gasteiger partial charge is 0.344 e. The lowest BCUT2D eigenvalue weighted by atomic mass is 9.82. The van der Waals surface area contributed by atoms with Crippen molar-refractivity contribution in [2.45, 2.75) is 59.4 Å². The van der Waals surface area contributed by atoms with Gasteiger partial charge >= 0.3 is 0 Å². The molecule has 1 fully saturated rings. The fraction of sp³-hybridized carbons (Fsp3) is 0.600. The van der Waals surface area contributed by atoms with E-state index in [0.29, 0.717) is 5.92 Å². The molecule has 0 radical (unpaired) electrons. The van der Waals surface area contributed by atoms with Crippen molar-refractivity contribution in [3.63, 3.8) is 0 Å². The third kappa shape index (κ3) is 5.56. The maximum absolute atomic E-state index is 12.7. The summed E-state index contributed by atoms with van der Waals surface area (Å²) in [5.41, 5.74) is 1.80. The number of anilines is 1. The molecule has 1 aromatic rings. The monoisotopic (exact) mass is 408 g/mol. The molecule has 138 valence electrons. The summed E-state index contributed by atoms with van der Waals surface area (Å²) in [5.74, 6) is 0.638. The summed E-state index contributed by atoms with van der Waals surface area (Å²) in [6.07, 6.45) is 4.03. The molecule has 0 aromatic heterocycles. The molecule has 0 heterocycles. The molecular weight excluding hydrogens is 380 g/mol. The Bertz CT molecular complexity index is 622. The molecule has 0 bridgehead atoms. The van der Waals surface area contributed by atoms with E-state index >= 15 is 0 Å². The lowest BCUT2D eigenvalue weighted by Gasteiger charge is -2.28. The van der Waals surface area contributed by atoms with Crippen molar-refractivity contribution in [2.24, 2.45) is 17.8 Å². The van der Waals surface area contributed by atoms with Crippen LogP contribution in [0.3, 0.4) is 0 Å². The smallest absolute Gasteiger partial charge is 0.247 e. The fourth-order valence-corrected chi connectivity index (χ4v) is 3.52. The van der Waals surface area contributed by atoms with Gasteiger partial charge in [-0.25, -0.2) is 0 Å². The molecule has 1 saturated carbocycles. The minimum atomic E-state index is -0.518. The van der Waals surface area contributed by atoms with E-state index in [4.69, 9.17) is 0 Å². The Morgan fingerprint density at radius 2 is 1.80 bits per heavy atom. The van der Waals surface area contributed by atoms with Gasteiger partial charge in [-0.3, -0.25) is 9.59 Å². The van der Waals surface area contributed by atoms with Crippen molar-refractivity contribution in [3.05, 3.63) is 28.2 Å². The van der Waals surface area contributed by atoms with Gasteiger partial charge < -0.3 is 10.6 Å². The summed E-state index contributed by atoms with van der Waals surface area (Å²) in [6.45, 7) is 8.13. The number of carbonyl (C=O) groups is 2. The van der Waals surface area contributed by atoms with Crippen LogP contribution in [0.2, 0.25) is 0 Å². The molecule has 2 amide bonds. The Morgan fingerprint density at radius 1 is 1.16 bits per heavy atom. The summed E-state index contributed by atoms with van der Waals surface area (Å²) in [4.78, 5) is 25.3. The number of rotatable bonds is 5. The van der Waals surface area contributed by atoms with Gasteiger partial charge in [-0.15, -0.1) is 0 Å². The lowest BCUT2D eigenvalue weighted by Crippen LogP contribution is -2.49. The van der Waals surface area contributed by atoms with E-state index in [9.17, 15) is 9.59 Å². The minimum Gasteiger partial charge on any atom is -0.344 e. The summed E-state index contributed by atoms with van der Waals surface area (Å²) in [6, 6.07) is 5.17. The van der Waals surface area contributed by atoms with E-state index < -0.39 is 6.04 Å². The number of carbonyl (C=O) groups excluding carboxylic acids is 2. The van der Waals surface area contributed by atoms with Crippen LogP contribution < -0.4 is 10.6 Å². The predicted octanol–water partition coefficient (Wildman–Crippen LogP) is 4.66. The van der Waals surface area contributed by atoms with E-state index in [0.717, 1.165) is 41.4 Å². The van der Waals surface area contributed by atoms with E-state index in [2.05, 4.69) is 33.5 Å². The SMILES string of the molecule is Cc1cc(NC(=O)C(NC(=O)C2CCC(C)CC2)C(C)C)ccc1Br. The maximum Gasteiger partial charge on any atom is 0.247 e. The highest BCUT2D eigenvalue weighted by atomic mass is 79.9. The van der Waals surface area contributed by atoms with E-state index in [-0.39, 0.29) is 23.7 Å². The Morgan fingerprint density at radius 3 is 2.36 bits per heavy atom. The second-order valence-corrected chi connectivity index (χ2v) is 8.49.